The predicted molar refractivity (Wildman–Crippen MR) is 54.5 cm³/mol. The lowest BCUT2D eigenvalue weighted by molar-refractivity contribution is 0.671. The van der Waals surface area contributed by atoms with Gasteiger partial charge in [-0.3, -0.25) is 4.68 Å². The highest BCUT2D eigenvalue weighted by Crippen LogP contribution is 2.06. The Balaban J connectivity index is 2.76. The largest absolute Gasteiger partial charge is 0.316 e. The van der Waals surface area contributed by atoms with Crippen LogP contribution in [0.1, 0.15) is 18.2 Å². The van der Waals surface area contributed by atoms with Gasteiger partial charge in [0.2, 0.25) is 0 Å². The molecule has 1 aromatic heterocycles. The van der Waals surface area contributed by atoms with Crippen LogP contribution in [0.15, 0.2) is 18.3 Å². The van der Waals surface area contributed by atoms with Gasteiger partial charge >= 0.3 is 0 Å². The zero-order valence-electron chi connectivity index (χ0n) is 8.59. The Labute approximate surface area is 79.5 Å². The number of hydrogen-bond donors (Lipinski definition) is 1. The van der Waals surface area contributed by atoms with Crippen molar-refractivity contribution in [1.82, 2.24) is 15.1 Å². The van der Waals surface area contributed by atoms with Gasteiger partial charge in [-0.25, -0.2) is 0 Å². The molecule has 0 saturated heterocycles. The maximum Gasteiger partial charge on any atom is 0.0638 e. The van der Waals surface area contributed by atoms with Gasteiger partial charge in [-0.2, -0.15) is 5.10 Å². The van der Waals surface area contributed by atoms with Gasteiger partial charge in [0.15, 0.2) is 0 Å². The summed E-state index contributed by atoms with van der Waals surface area (Å²) in [5.74, 6) is 0. The molecule has 1 rings (SSSR count). The molecular weight excluding hydrogens is 162 g/mol. The summed E-state index contributed by atoms with van der Waals surface area (Å²) in [5, 5.41) is 7.50. The van der Waals surface area contributed by atoms with E-state index in [9.17, 15) is 0 Å². The van der Waals surface area contributed by atoms with E-state index in [0.717, 1.165) is 24.4 Å². The normalized spacial score (nSPS) is 10.4. The van der Waals surface area contributed by atoms with Gasteiger partial charge in [0.05, 0.1) is 12.2 Å². The molecular formula is C10H17N3. The van der Waals surface area contributed by atoms with Crippen molar-refractivity contribution < 1.29 is 0 Å². The molecule has 0 radical (unpaired) electrons. The van der Waals surface area contributed by atoms with Crippen LogP contribution >= 0.6 is 0 Å². The van der Waals surface area contributed by atoms with Crippen molar-refractivity contribution in [3.8, 4) is 0 Å². The lowest BCUT2D eigenvalue weighted by Crippen LogP contribution is -2.05. The quantitative estimate of drug-likeness (QED) is 0.710. The average molecular weight is 179 g/mol. The third-order valence-corrected chi connectivity index (χ3v) is 1.85. The molecule has 0 aliphatic carbocycles. The smallest absolute Gasteiger partial charge is 0.0638 e. The van der Waals surface area contributed by atoms with Gasteiger partial charge in [0.25, 0.3) is 0 Å². The fourth-order valence-corrected chi connectivity index (χ4v) is 1.28. The van der Waals surface area contributed by atoms with Gasteiger partial charge in [-0.15, -0.1) is 0 Å². The summed E-state index contributed by atoms with van der Waals surface area (Å²) >= 11 is 0. The SMILES string of the molecule is C=C(C)Cn1cc(CNC)c(C)n1. The molecule has 0 atom stereocenters. The molecule has 0 bridgehead atoms. The van der Waals surface area contributed by atoms with Gasteiger partial charge in [-0.05, 0) is 20.9 Å². The van der Waals surface area contributed by atoms with Crippen LogP contribution in [0.2, 0.25) is 0 Å². The highest BCUT2D eigenvalue weighted by molar-refractivity contribution is 5.15. The second-order valence-corrected chi connectivity index (χ2v) is 3.42. The Bertz CT molecular complexity index is 299. The number of nitrogens with zero attached hydrogens (tertiary/aromatic N) is 2. The molecule has 0 fully saturated rings. The number of aryl methyl sites for hydroxylation is 1. The molecule has 1 heterocycles. The molecule has 0 aliphatic heterocycles. The fourth-order valence-electron chi connectivity index (χ4n) is 1.28. The molecule has 0 amide bonds. The first-order valence-corrected chi connectivity index (χ1v) is 4.45. The first kappa shape index (κ1) is 9.99. The van der Waals surface area contributed by atoms with Crippen LogP contribution in [0.4, 0.5) is 0 Å². The van der Waals surface area contributed by atoms with E-state index in [1.165, 1.54) is 5.56 Å². The second kappa shape index (κ2) is 4.23. The van der Waals surface area contributed by atoms with E-state index in [1.807, 2.05) is 25.6 Å². The molecule has 0 unspecified atom stereocenters. The van der Waals surface area contributed by atoms with Crippen LogP contribution in [-0.4, -0.2) is 16.8 Å². The maximum absolute atomic E-state index is 4.39. The van der Waals surface area contributed by atoms with E-state index in [2.05, 4.69) is 23.2 Å². The van der Waals surface area contributed by atoms with Gasteiger partial charge in [0.1, 0.15) is 0 Å². The monoisotopic (exact) mass is 179 g/mol. The molecule has 72 valence electrons. The summed E-state index contributed by atoms with van der Waals surface area (Å²) in [4.78, 5) is 0. The molecule has 0 aromatic carbocycles. The Morgan fingerprint density at radius 1 is 1.69 bits per heavy atom. The fraction of sp³-hybridized carbons (Fsp3) is 0.500. The van der Waals surface area contributed by atoms with Gasteiger partial charge in [-0.1, -0.05) is 12.2 Å². The third-order valence-electron chi connectivity index (χ3n) is 1.85. The summed E-state index contributed by atoms with van der Waals surface area (Å²) in [5.41, 5.74) is 3.47. The lowest BCUT2D eigenvalue weighted by Gasteiger charge is -1.98. The number of hydrogen-bond acceptors (Lipinski definition) is 2. The Morgan fingerprint density at radius 3 is 2.92 bits per heavy atom. The predicted octanol–water partition coefficient (Wildman–Crippen LogP) is 1.49. The first-order valence-electron chi connectivity index (χ1n) is 4.45. The highest BCUT2D eigenvalue weighted by Gasteiger charge is 2.02. The minimum atomic E-state index is 0.810. The van der Waals surface area contributed by atoms with E-state index in [-0.39, 0.29) is 0 Å². The van der Waals surface area contributed by atoms with E-state index in [0.29, 0.717) is 0 Å². The van der Waals surface area contributed by atoms with Crippen LogP contribution in [0.25, 0.3) is 0 Å². The zero-order chi connectivity index (χ0) is 9.84. The molecule has 0 saturated carbocycles. The molecule has 0 spiro atoms. The lowest BCUT2D eigenvalue weighted by atomic mass is 10.3. The van der Waals surface area contributed by atoms with Gasteiger partial charge in [0, 0.05) is 18.3 Å². The average Bonchev–Trinajstić information content (AvgIpc) is 2.31. The standard InChI is InChI=1S/C10H17N3/c1-8(2)6-13-7-10(5-11-4)9(3)12-13/h7,11H,1,5-6H2,2-4H3. The first-order chi connectivity index (χ1) is 6.13. The topological polar surface area (TPSA) is 29.9 Å². The van der Waals surface area contributed by atoms with Crippen molar-refractivity contribution in [3.05, 3.63) is 29.6 Å². The Kier molecular flexibility index (Phi) is 3.25. The van der Waals surface area contributed by atoms with E-state index in [1.54, 1.807) is 0 Å². The van der Waals surface area contributed by atoms with Gasteiger partial charge < -0.3 is 5.32 Å². The molecule has 13 heavy (non-hydrogen) atoms. The van der Waals surface area contributed by atoms with Crippen LogP contribution in [0, 0.1) is 6.92 Å². The molecule has 1 aromatic rings. The molecule has 3 nitrogen and oxygen atoms in total. The van der Waals surface area contributed by atoms with Crippen molar-refractivity contribution in [2.24, 2.45) is 0 Å². The summed E-state index contributed by atoms with van der Waals surface area (Å²) < 4.78 is 1.93. The summed E-state index contributed by atoms with van der Waals surface area (Å²) in [6.07, 6.45) is 2.07. The number of allylic oxidation sites excluding steroid dienone is 1. The van der Waals surface area contributed by atoms with Crippen molar-refractivity contribution in [2.75, 3.05) is 7.05 Å². The minimum Gasteiger partial charge on any atom is -0.316 e. The molecule has 3 heteroatoms. The maximum atomic E-state index is 4.39. The Morgan fingerprint density at radius 2 is 2.38 bits per heavy atom. The summed E-state index contributed by atoms with van der Waals surface area (Å²) in [6, 6.07) is 0. The van der Waals surface area contributed by atoms with E-state index >= 15 is 0 Å². The third kappa shape index (κ3) is 2.70. The van der Waals surface area contributed by atoms with Crippen LogP contribution in [0.5, 0.6) is 0 Å². The van der Waals surface area contributed by atoms with Crippen molar-refractivity contribution in [1.29, 1.82) is 0 Å². The summed E-state index contributed by atoms with van der Waals surface area (Å²) in [6.45, 7) is 9.58. The van der Waals surface area contributed by atoms with Crippen LogP contribution in [-0.2, 0) is 13.1 Å². The van der Waals surface area contributed by atoms with Crippen LogP contribution < -0.4 is 5.32 Å². The van der Waals surface area contributed by atoms with Crippen molar-refractivity contribution in [3.63, 3.8) is 0 Å². The summed E-state index contributed by atoms with van der Waals surface area (Å²) in [7, 11) is 1.94. The number of aromatic nitrogens is 2. The van der Waals surface area contributed by atoms with Crippen molar-refractivity contribution >= 4 is 0 Å². The number of rotatable bonds is 4. The Hall–Kier alpha value is -1.09. The number of nitrogens with one attached hydrogen (secondary N) is 1. The second-order valence-electron chi connectivity index (χ2n) is 3.42. The minimum absolute atomic E-state index is 0.810. The van der Waals surface area contributed by atoms with E-state index in [4.69, 9.17) is 0 Å². The molecule has 0 aliphatic rings. The van der Waals surface area contributed by atoms with E-state index < -0.39 is 0 Å². The van der Waals surface area contributed by atoms with Crippen LogP contribution in [0.3, 0.4) is 0 Å². The zero-order valence-corrected chi connectivity index (χ0v) is 8.59. The molecule has 1 N–H and O–H groups in total. The van der Waals surface area contributed by atoms with Crippen molar-refractivity contribution in [2.45, 2.75) is 26.9 Å². The highest BCUT2D eigenvalue weighted by atomic mass is 15.3.